The fraction of sp³-hybridized carbons (Fsp3) is 0.133. The zero-order valence-corrected chi connectivity index (χ0v) is 12.6. The molecule has 0 bridgehead atoms. The molecule has 2 heterocycles. The zero-order valence-electron chi connectivity index (χ0n) is 12.6. The summed E-state index contributed by atoms with van der Waals surface area (Å²) in [7, 11) is 1.33. The van der Waals surface area contributed by atoms with E-state index in [9.17, 15) is 18.0 Å². The zero-order chi connectivity index (χ0) is 18.0. The Balaban J connectivity index is 1.85. The molecule has 0 unspecified atom stereocenters. The molecule has 0 amide bonds. The van der Waals surface area contributed by atoms with E-state index in [-0.39, 0.29) is 23.0 Å². The number of nitrogens with zero attached hydrogens (tertiary/aromatic N) is 3. The molecule has 0 atom stereocenters. The van der Waals surface area contributed by atoms with Crippen molar-refractivity contribution in [2.45, 2.75) is 6.36 Å². The lowest BCUT2D eigenvalue weighted by Crippen LogP contribution is -2.23. The van der Waals surface area contributed by atoms with Gasteiger partial charge in [-0.15, -0.1) is 13.2 Å². The molecule has 2 aromatic heterocycles. The van der Waals surface area contributed by atoms with Gasteiger partial charge in [0.2, 0.25) is 5.82 Å². The smallest absolute Gasteiger partial charge is 0.414 e. The number of ether oxygens (including phenoxy) is 1. The van der Waals surface area contributed by atoms with Crippen LogP contribution in [0.1, 0.15) is 0 Å². The van der Waals surface area contributed by atoms with Crippen molar-refractivity contribution >= 4 is 0 Å². The Hall–Kier alpha value is -3.30. The number of hydrogen-bond donors (Lipinski definition) is 0. The van der Waals surface area contributed by atoms with E-state index in [1.165, 1.54) is 37.6 Å². The van der Waals surface area contributed by atoms with Crippen LogP contribution in [0.4, 0.5) is 13.2 Å². The summed E-state index contributed by atoms with van der Waals surface area (Å²) < 4.78 is 46.3. The maximum absolute atomic E-state index is 12.1. The van der Waals surface area contributed by atoms with Crippen LogP contribution in [0.3, 0.4) is 0 Å². The fourth-order valence-corrected chi connectivity index (χ4v) is 2.00. The van der Waals surface area contributed by atoms with Gasteiger partial charge in [0.15, 0.2) is 0 Å². The van der Waals surface area contributed by atoms with E-state index in [4.69, 9.17) is 9.36 Å². The molecule has 0 N–H and O–H groups in total. The second-order valence-corrected chi connectivity index (χ2v) is 4.76. The second kappa shape index (κ2) is 6.30. The van der Waals surface area contributed by atoms with Crippen LogP contribution in [0.5, 0.6) is 5.75 Å². The first-order valence-corrected chi connectivity index (χ1v) is 6.83. The number of hydrogen-bond acceptors (Lipinski definition) is 6. The van der Waals surface area contributed by atoms with Crippen molar-refractivity contribution in [1.29, 1.82) is 0 Å². The van der Waals surface area contributed by atoms with Crippen molar-refractivity contribution in [3.63, 3.8) is 0 Å². The topological polar surface area (TPSA) is 79.4 Å². The van der Waals surface area contributed by atoms with Crippen molar-refractivity contribution in [3.8, 4) is 28.6 Å². The van der Waals surface area contributed by atoms with Crippen molar-refractivity contribution < 1.29 is 27.3 Å². The van der Waals surface area contributed by atoms with Crippen LogP contribution in [0.25, 0.3) is 22.8 Å². The first-order chi connectivity index (χ1) is 11.9. The highest BCUT2D eigenvalue weighted by Gasteiger charge is 2.31. The Morgan fingerprint density at radius 1 is 1.08 bits per heavy atom. The van der Waals surface area contributed by atoms with Crippen LogP contribution in [-0.2, 0) is 0 Å². The molecule has 0 spiro atoms. The Morgan fingerprint density at radius 2 is 1.76 bits per heavy atom. The molecule has 3 aromatic rings. The SMILES string of the molecule is COn1cc(-c2nc(-c3ccc(OC(F)(F)F)cc3)no2)ccc1=O. The Kier molecular flexibility index (Phi) is 4.17. The molecule has 25 heavy (non-hydrogen) atoms. The number of halogens is 3. The minimum atomic E-state index is -4.76. The second-order valence-electron chi connectivity index (χ2n) is 4.76. The van der Waals surface area contributed by atoms with E-state index >= 15 is 0 Å². The van der Waals surface area contributed by atoms with Gasteiger partial charge >= 0.3 is 6.36 Å². The van der Waals surface area contributed by atoms with Crippen molar-refractivity contribution in [1.82, 2.24) is 14.9 Å². The summed E-state index contributed by atoms with van der Waals surface area (Å²) in [4.78, 5) is 20.5. The van der Waals surface area contributed by atoms with E-state index in [0.717, 1.165) is 16.9 Å². The number of pyridine rings is 1. The van der Waals surface area contributed by atoms with E-state index in [1.807, 2.05) is 0 Å². The minimum Gasteiger partial charge on any atom is -0.414 e. The van der Waals surface area contributed by atoms with Crippen LogP contribution in [-0.4, -0.2) is 28.3 Å². The molecule has 7 nitrogen and oxygen atoms in total. The molecule has 0 radical (unpaired) electrons. The molecule has 0 aliphatic rings. The van der Waals surface area contributed by atoms with E-state index in [1.54, 1.807) is 0 Å². The van der Waals surface area contributed by atoms with Gasteiger partial charge in [0, 0.05) is 11.6 Å². The summed E-state index contributed by atoms with van der Waals surface area (Å²) in [6.07, 6.45) is -3.38. The highest BCUT2D eigenvalue weighted by molar-refractivity contribution is 5.59. The Labute approximate surface area is 138 Å². The van der Waals surface area contributed by atoms with Gasteiger partial charge in [-0.1, -0.05) is 5.16 Å². The maximum atomic E-state index is 12.1. The normalized spacial score (nSPS) is 11.4. The lowest BCUT2D eigenvalue weighted by Gasteiger charge is -2.08. The number of alkyl halides is 3. The summed E-state index contributed by atoms with van der Waals surface area (Å²) >= 11 is 0. The summed E-state index contributed by atoms with van der Waals surface area (Å²) in [5.41, 5.74) is 0.507. The van der Waals surface area contributed by atoms with Crippen LogP contribution in [0.2, 0.25) is 0 Å². The van der Waals surface area contributed by atoms with Crippen LogP contribution >= 0.6 is 0 Å². The molecule has 0 aliphatic heterocycles. The monoisotopic (exact) mass is 353 g/mol. The third kappa shape index (κ3) is 3.79. The van der Waals surface area contributed by atoms with Crippen LogP contribution < -0.4 is 15.1 Å². The van der Waals surface area contributed by atoms with Gasteiger partial charge in [-0.2, -0.15) is 9.71 Å². The van der Waals surface area contributed by atoms with E-state index in [0.29, 0.717) is 11.1 Å². The number of benzene rings is 1. The van der Waals surface area contributed by atoms with Crippen LogP contribution in [0.15, 0.2) is 51.9 Å². The molecular formula is C15H10F3N3O4. The van der Waals surface area contributed by atoms with Crippen molar-refractivity contribution in [3.05, 3.63) is 52.9 Å². The minimum absolute atomic E-state index is 0.122. The average Bonchev–Trinajstić information content (AvgIpc) is 3.04. The first kappa shape index (κ1) is 16.6. The van der Waals surface area contributed by atoms with E-state index < -0.39 is 6.36 Å². The predicted octanol–water partition coefficient (Wildman–Crippen LogP) is 2.52. The van der Waals surface area contributed by atoms with Crippen LogP contribution in [0, 0.1) is 0 Å². The van der Waals surface area contributed by atoms with Crippen molar-refractivity contribution in [2.24, 2.45) is 0 Å². The van der Waals surface area contributed by atoms with Gasteiger partial charge in [0.05, 0.1) is 11.8 Å². The third-order valence-corrected chi connectivity index (χ3v) is 3.09. The first-order valence-electron chi connectivity index (χ1n) is 6.83. The molecule has 130 valence electrons. The van der Waals surface area contributed by atoms with E-state index in [2.05, 4.69) is 14.9 Å². The summed E-state index contributed by atoms with van der Waals surface area (Å²) in [6, 6.07) is 7.77. The highest BCUT2D eigenvalue weighted by Crippen LogP contribution is 2.26. The number of rotatable bonds is 4. The van der Waals surface area contributed by atoms with Crippen molar-refractivity contribution in [2.75, 3.05) is 7.11 Å². The lowest BCUT2D eigenvalue weighted by molar-refractivity contribution is -0.274. The molecule has 0 aliphatic carbocycles. The third-order valence-electron chi connectivity index (χ3n) is 3.09. The predicted molar refractivity (Wildman–Crippen MR) is 78.6 cm³/mol. The molecule has 0 saturated heterocycles. The fourth-order valence-electron chi connectivity index (χ4n) is 2.00. The Morgan fingerprint density at radius 3 is 2.40 bits per heavy atom. The Bertz CT molecular complexity index is 932. The molecule has 3 rings (SSSR count). The highest BCUT2D eigenvalue weighted by atomic mass is 19.4. The van der Waals surface area contributed by atoms with Gasteiger partial charge in [-0.3, -0.25) is 4.79 Å². The summed E-state index contributed by atoms with van der Waals surface area (Å²) in [6.45, 7) is 0. The number of aromatic nitrogens is 3. The summed E-state index contributed by atoms with van der Waals surface area (Å²) in [5.74, 6) is -0.0627. The molecule has 0 fully saturated rings. The molecule has 0 saturated carbocycles. The lowest BCUT2D eigenvalue weighted by atomic mass is 10.2. The van der Waals surface area contributed by atoms with Gasteiger partial charge in [0.25, 0.3) is 11.4 Å². The van der Waals surface area contributed by atoms with Gasteiger partial charge in [0.1, 0.15) is 12.9 Å². The van der Waals surface area contributed by atoms with Gasteiger partial charge in [-0.25, -0.2) is 0 Å². The summed E-state index contributed by atoms with van der Waals surface area (Å²) in [5, 5.41) is 3.77. The average molecular weight is 353 g/mol. The van der Waals surface area contributed by atoms with Gasteiger partial charge < -0.3 is 14.1 Å². The molecular weight excluding hydrogens is 343 g/mol. The standard InChI is InChI=1S/C15H10F3N3O4/c1-23-21-8-10(4-7-12(21)22)14-19-13(20-25-14)9-2-5-11(6-3-9)24-15(16,17)18/h2-8H,1H3. The van der Waals surface area contributed by atoms with Gasteiger partial charge in [-0.05, 0) is 30.3 Å². The molecule has 10 heteroatoms. The molecule has 1 aromatic carbocycles. The quantitative estimate of drug-likeness (QED) is 0.717. The largest absolute Gasteiger partial charge is 0.573 e. The maximum Gasteiger partial charge on any atom is 0.573 e.